The van der Waals surface area contributed by atoms with Gasteiger partial charge < -0.3 is 0 Å². The fourth-order valence-electron chi connectivity index (χ4n) is 0.980. The largest absolute Gasteiger partial charge is 0.0840 e. The standard InChI is InChI=1S/C9H9Cl3/c1-5(2)6-3-8(11)9(12)4-7(6)10/h3-5H,1-2H3. The molecule has 12 heavy (non-hydrogen) atoms. The highest BCUT2D eigenvalue weighted by molar-refractivity contribution is 6.43. The molecule has 0 unspecified atom stereocenters. The second-order valence-corrected chi connectivity index (χ2v) is 4.16. The van der Waals surface area contributed by atoms with Crippen LogP contribution in [0.15, 0.2) is 12.1 Å². The SMILES string of the molecule is CC(C)c1cc(Cl)c(Cl)cc1Cl. The summed E-state index contributed by atoms with van der Waals surface area (Å²) in [5, 5.41) is 1.75. The van der Waals surface area contributed by atoms with Crippen molar-refractivity contribution in [2.45, 2.75) is 19.8 Å². The van der Waals surface area contributed by atoms with Crippen LogP contribution < -0.4 is 0 Å². The fourth-order valence-corrected chi connectivity index (χ4v) is 1.75. The molecule has 66 valence electrons. The van der Waals surface area contributed by atoms with Crippen LogP contribution in [-0.4, -0.2) is 0 Å². The molecule has 0 bridgehead atoms. The van der Waals surface area contributed by atoms with Crippen LogP contribution in [0.25, 0.3) is 0 Å². The van der Waals surface area contributed by atoms with Crippen LogP contribution in [0.2, 0.25) is 15.1 Å². The Balaban J connectivity index is 3.23. The molecule has 0 atom stereocenters. The highest BCUT2D eigenvalue weighted by atomic mass is 35.5. The Kier molecular flexibility index (Phi) is 3.28. The summed E-state index contributed by atoms with van der Waals surface area (Å²) >= 11 is 17.6. The summed E-state index contributed by atoms with van der Waals surface area (Å²) in [4.78, 5) is 0. The van der Waals surface area contributed by atoms with Gasteiger partial charge in [-0.3, -0.25) is 0 Å². The Morgan fingerprint density at radius 1 is 0.917 bits per heavy atom. The predicted octanol–water partition coefficient (Wildman–Crippen LogP) is 4.77. The van der Waals surface area contributed by atoms with Crippen molar-refractivity contribution in [1.82, 2.24) is 0 Å². The smallest absolute Gasteiger partial charge is 0.0607 e. The summed E-state index contributed by atoms with van der Waals surface area (Å²) in [6.45, 7) is 4.12. The lowest BCUT2D eigenvalue weighted by Gasteiger charge is -2.08. The van der Waals surface area contributed by atoms with E-state index in [1.807, 2.05) is 6.07 Å². The number of hydrogen-bond acceptors (Lipinski definition) is 0. The molecule has 0 fully saturated rings. The van der Waals surface area contributed by atoms with E-state index >= 15 is 0 Å². The second-order valence-electron chi connectivity index (χ2n) is 2.94. The van der Waals surface area contributed by atoms with Crippen molar-refractivity contribution in [2.24, 2.45) is 0 Å². The predicted molar refractivity (Wildman–Crippen MR) is 55.6 cm³/mol. The minimum atomic E-state index is 0.368. The summed E-state index contributed by atoms with van der Waals surface area (Å²) in [6.07, 6.45) is 0. The summed E-state index contributed by atoms with van der Waals surface area (Å²) in [7, 11) is 0. The molecule has 0 heterocycles. The number of hydrogen-bond donors (Lipinski definition) is 0. The van der Waals surface area contributed by atoms with Gasteiger partial charge in [0.1, 0.15) is 0 Å². The Hall–Kier alpha value is 0.0900. The lowest BCUT2D eigenvalue weighted by Crippen LogP contribution is -1.88. The Bertz CT molecular complexity index is 292. The molecule has 0 saturated heterocycles. The normalized spacial score (nSPS) is 10.8. The molecule has 0 nitrogen and oxygen atoms in total. The van der Waals surface area contributed by atoms with Crippen LogP contribution in [0.5, 0.6) is 0 Å². The van der Waals surface area contributed by atoms with Crippen molar-refractivity contribution < 1.29 is 0 Å². The van der Waals surface area contributed by atoms with Crippen LogP contribution in [0.4, 0.5) is 0 Å². The number of rotatable bonds is 1. The summed E-state index contributed by atoms with van der Waals surface area (Å²) in [6, 6.07) is 3.50. The highest BCUT2D eigenvalue weighted by Crippen LogP contribution is 2.32. The molecule has 0 spiro atoms. The van der Waals surface area contributed by atoms with Gasteiger partial charge in [0.25, 0.3) is 0 Å². The molecule has 0 aliphatic carbocycles. The van der Waals surface area contributed by atoms with Crippen LogP contribution in [-0.2, 0) is 0 Å². The quantitative estimate of drug-likeness (QED) is 0.602. The minimum absolute atomic E-state index is 0.368. The average Bonchev–Trinajstić information content (AvgIpc) is 1.96. The minimum Gasteiger partial charge on any atom is -0.0840 e. The first-order chi connectivity index (χ1) is 5.52. The van der Waals surface area contributed by atoms with Crippen LogP contribution in [0.3, 0.4) is 0 Å². The first-order valence-corrected chi connectivity index (χ1v) is 4.80. The molecular weight excluding hydrogens is 214 g/mol. The van der Waals surface area contributed by atoms with Crippen molar-refractivity contribution in [3.8, 4) is 0 Å². The number of halogens is 3. The lowest BCUT2D eigenvalue weighted by atomic mass is 10.0. The van der Waals surface area contributed by atoms with E-state index in [1.165, 1.54) is 0 Å². The summed E-state index contributed by atoms with van der Waals surface area (Å²) in [5.74, 6) is 0.368. The van der Waals surface area contributed by atoms with Gasteiger partial charge in [-0.1, -0.05) is 48.7 Å². The van der Waals surface area contributed by atoms with Crippen molar-refractivity contribution in [3.05, 3.63) is 32.8 Å². The topological polar surface area (TPSA) is 0 Å². The van der Waals surface area contributed by atoms with E-state index in [1.54, 1.807) is 6.07 Å². The first kappa shape index (κ1) is 10.2. The molecule has 0 radical (unpaired) electrons. The van der Waals surface area contributed by atoms with Gasteiger partial charge >= 0.3 is 0 Å². The van der Waals surface area contributed by atoms with Gasteiger partial charge in [-0.15, -0.1) is 0 Å². The van der Waals surface area contributed by atoms with Gasteiger partial charge in [0, 0.05) is 5.02 Å². The molecular formula is C9H9Cl3. The molecule has 0 aliphatic rings. The third-order valence-corrected chi connectivity index (χ3v) is 2.71. The summed E-state index contributed by atoms with van der Waals surface area (Å²) < 4.78 is 0. The molecule has 0 N–H and O–H groups in total. The van der Waals surface area contributed by atoms with Crippen molar-refractivity contribution in [2.75, 3.05) is 0 Å². The van der Waals surface area contributed by atoms with E-state index in [9.17, 15) is 0 Å². The molecule has 1 aromatic carbocycles. The molecule has 3 heteroatoms. The Morgan fingerprint density at radius 3 is 1.92 bits per heavy atom. The molecule has 0 amide bonds. The monoisotopic (exact) mass is 222 g/mol. The molecule has 0 aromatic heterocycles. The van der Waals surface area contributed by atoms with Gasteiger partial charge in [0.2, 0.25) is 0 Å². The van der Waals surface area contributed by atoms with Gasteiger partial charge in [-0.05, 0) is 23.6 Å². The zero-order valence-electron chi connectivity index (χ0n) is 6.87. The van der Waals surface area contributed by atoms with Crippen molar-refractivity contribution in [3.63, 3.8) is 0 Å². The van der Waals surface area contributed by atoms with E-state index in [0.717, 1.165) is 5.56 Å². The first-order valence-electron chi connectivity index (χ1n) is 3.67. The van der Waals surface area contributed by atoms with E-state index in [0.29, 0.717) is 21.0 Å². The fraction of sp³-hybridized carbons (Fsp3) is 0.333. The maximum Gasteiger partial charge on any atom is 0.0607 e. The zero-order chi connectivity index (χ0) is 9.30. The van der Waals surface area contributed by atoms with Gasteiger partial charge in [-0.2, -0.15) is 0 Å². The van der Waals surface area contributed by atoms with E-state index in [4.69, 9.17) is 34.8 Å². The van der Waals surface area contributed by atoms with Crippen LogP contribution >= 0.6 is 34.8 Å². The van der Waals surface area contributed by atoms with Crippen LogP contribution in [0, 0.1) is 0 Å². The van der Waals surface area contributed by atoms with Crippen molar-refractivity contribution >= 4 is 34.8 Å². The van der Waals surface area contributed by atoms with Gasteiger partial charge in [0.15, 0.2) is 0 Å². The third-order valence-electron chi connectivity index (χ3n) is 1.66. The highest BCUT2D eigenvalue weighted by Gasteiger charge is 2.08. The maximum absolute atomic E-state index is 5.95. The number of benzene rings is 1. The second kappa shape index (κ2) is 3.87. The average molecular weight is 224 g/mol. The molecule has 1 aromatic rings. The lowest BCUT2D eigenvalue weighted by molar-refractivity contribution is 0.867. The summed E-state index contributed by atoms with van der Waals surface area (Å²) in [5.41, 5.74) is 1.03. The van der Waals surface area contributed by atoms with E-state index in [-0.39, 0.29) is 0 Å². The maximum atomic E-state index is 5.95. The molecule has 0 saturated carbocycles. The van der Waals surface area contributed by atoms with Gasteiger partial charge in [-0.25, -0.2) is 0 Å². The van der Waals surface area contributed by atoms with E-state index in [2.05, 4.69) is 13.8 Å². The molecule has 0 aliphatic heterocycles. The zero-order valence-corrected chi connectivity index (χ0v) is 9.13. The van der Waals surface area contributed by atoms with E-state index < -0.39 is 0 Å². The Morgan fingerprint density at radius 2 is 1.42 bits per heavy atom. The van der Waals surface area contributed by atoms with Crippen LogP contribution in [0.1, 0.15) is 25.3 Å². The van der Waals surface area contributed by atoms with Crippen molar-refractivity contribution in [1.29, 1.82) is 0 Å². The molecule has 1 rings (SSSR count). The Labute approximate surface area is 87.4 Å². The van der Waals surface area contributed by atoms with Gasteiger partial charge in [0.05, 0.1) is 10.0 Å². The third kappa shape index (κ3) is 2.07.